The minimum Gasteiger partial charge on any atom is -0.339 e. The van der Waals surface area contributed by atoms with Crippen LogP contribution in [-0.4, -0.2) is 30.4 Å². The Morgan fingerprint density at radius 1 is 1.53 bits per heavy atom. The van der Waals surface area contributed by atoms with E-state index < -0.39 is 0 Å². The third-order valence-electron chi connectivity index (χ3n) is 4.41. The lowest BCUT2D eigenvalue weighted by atomic mass is 9.93. The van der Waals surface area contributed by atoms with E-state index in [0.29, 0.717) is 12.5 Å². The summed E-state index contributed by atoms with van der Waals surface area (Å²) in [7, 11) is 1.89. The lowest BCUT2D eigenvalue weighted by Gasteiger charge is -2.24. The summed E-state index contributed by atoms with van der Waals surface area (Å²) in [5.41, 5.74) is 0. The van der Waals surface area contributed by atoms with Crippen LogP contribution in [0.1, 0.15) is 24.1 Å². The summed E-state index contributed by atoms with van der Waals surface area (Å²) in [6.45, 7) is 1.67. The molecule has 1 aliphatic heterocycles. The second kappa shape index (κ2) is 5.43. The normalized spacial score (nSPS) is 29.5. The fraction of sp³-hybridized carbons (Fsp3) is 0.643. The Hall–Kier alpha value is -0.580. The predicted molar refractivity (Wildman–Crippen MR) is 78.4 cm³/mol. The molecule has 1 aromatic heterocycles. The molecular formula is C14H19ClN2OS. The topological polar surface area (TPSA) is 32.3 Å². The summed E-state index contributed by atoms with van der Waals surface area (Å²) in [6.07, 6.45) is 3.77. The van der Waals surface area contributed by atoms with Crippen LogP contribution in [0.5, 0.6) is 0 Å². The third-order valence-corrected chi connectivity index (χ3v) is 5.63. The number of carbonyl (C=O) groups excluding carboxylic acids is 1. The van der Waals surface area contributed by atoms with E-state index in [1.54, 1.807) is 11.3 Å². The van der Waals surface area contributed by atoms with E-state index in [2.05, 4.69) is 5.32 Å². The molecule has 3 unspecified atom stereocenters. The van der Waals surface area contributed by atoms with Gasteiger partial charge >= 0.3 is 0 Å². The zero-order chi connectivity index (χ0) is 13.4. The van der Waals surface area contributed by atoms with Gasteiger partial charge in [-0.05, 0) is 43.4 Å². The molecule has 2 heterocycles. The van der Waals surface area contributed by atoms with Crippen molar-refractivity contribution >= 4 is 28.8 Å². The molecule has 3 atom stereocenters. The van der Waals surface area contributed by atoms with Gasteiger partial charge in [0.25, 0.3) is 0 Å². The molecule has 0 aromatic carbocycles. The van der Waals surface area contributed by atoms with E-state index in [1.807, 2.05) is 24.1 Å². The first kappa shape index (κ1) is 13.4. The highest BCUT2D eigenvalue weighted by molar-refractivity contribution is 7.16. The van der Waals surface area contributed by atoms with Crippen molar-refractivity contribution in [2.45, 2.75) is 31.8 Å². The predicted octanol–water partition coefficient (Wildman–Crippen LogP) is 2.75. The van der Waals surface area contributed by atoms with Gasteiger partial charge in [0.2, 0.25) is 5.91 Å². The van der Waals surface area contributed by atoms with Gasteiger partial charge in [-0.2, -0.15) is 0 Å². The van der Waals surface area contributed by atoms with Gasteiger partial charge in [-0.15, -0.1) is 11.3 Å². The summed E-state index contributed by atoms with van der Waals surface area (Å²) in [5, 5.41) is 3.42. The largest absolute Gasteiger partial charge is 0.339 e. The Morgan fingerprint density at radius 3 is 3.11 bits per heavy atom. The van der Waals surface area contributed by atoms with Gasteiger partial charge in [-0.25, -0.2) is 0 Å². The van der Waals surface area contributed by atoms with Crippen molar-refractivity contribution in [3.8, 4) is 0 Å². The van der Waals surface area contributed by atoms with Crippen molar-refractivity contribution in [3.05, 3.63) is 21.3 Å². The van der Waals surface area contributed by atoms with Gasteiger partial charge in [0.15, 0.2) is 0 Å². The number of amides is 1. The Kier molecular flexibility index (Phi) is 3.83. The highest BCUT2D eigenvalue weighted by Crippen LogP contribution is 2.38. The number of hydrogen-bond acceptors (Lipinski definition) is 3. The number of halogens is 1. The van der Waals surface area contributed by atoms with Crippen molar-refractivity contribution in [1.29, 1.82) is 0 Å². The van der Waals surface area contributed by atoms with Crippen molar-refractivity contribution in [3.63, 3.8) is 0 Å². The number of hydrogen-bond donors (Lipinski definition) is 1. The van der Waals surface area contributed by atoms with Crippen molar-refractivity contribution in [2.24, 2.45) is 11.8 Å². The molecule has 0 spiro atoms. The average Bonchev–Trinajstić information content (AvgIpc) is 3.04. The number of rotatable bonds is 3. The molecule has 19 heavy (non-hydrogen) atoms. The van der Waals surface area contributed by atoms with Gasteiger partial charge in [0.05, 0.1) is 16.9 Å². The van der Waals surface area contributed by atoms with Crippen LogP contribution < -0.4 is 5.32 Å². The summed E-state index contributed by atoms with van der Waals surface area (Å²) < 4.78 is 0.783. The van der Waals surface area contributed by atoms with Gasteiger partial charge in [-0.3, -0.25) is 4.79 Å². The monoisotopic (exact) mass is 298 g/mol. The SMILES string of the molecule is CN(Cc1ccc(Cl)s1)C(=O)C1NCC2CCCC21. The molecule has 3 nitrogen and oxygen atoms in total. The lowest BCUT2D eigenvalue weighted by molar-refractivity contribution is -0.133. The van der Waals surface area contributed by atoms with E-state index in [-0.39, 0.29) is 11.9 Å². The number of fused-ring (bicyclic) bond motifs is 1. The number of likely N-dealkylation sites (N-methyl/N-ethyl adjacent to an activating group) is 1. The number of nitrogens with one attached hydrogen (secondary N) is 1. The molecule has 1 saturated heterocycles. The van der Waals surface area contributed by atoms with E-state index in [4.69, 9.17) is 11.6 Å². The molecule has 1 N–H and O–H groups in total. The second-order valence-corrected chi connectivity index (χ2v) is 7.44. The molecule has 1 amide bonds. The maximum absolute atomic E-state index is 12.5. The smallest absolute Gasteiger partial charge is 0.240 e. The molecule has 1 saturated carbocycles. The molecule has 0 bridgehead atoms. The number of nitrogens with zero attached hydrogens (tertiary/aromatic N) is 1. The number of carbonyl (C=O) groups is 1. The fourth-order valence-electron chi connectivity index (χ4n) is 3.44. The summed E-state index contributed by atoms with van der Waals surface area (Å²) in [4.78, 5) is 15.5. The van der Waals surface area contributed by atoms with Gasteiger partial charge in [0, 0.05) is 11.9 Å². The molecule has 0 radical (unpaired) electrons. The molecule has 104 valence electrons. The van der Waals surface area contributed by atoms with Crippen LogP contribution in [0, 0.1) is 11.8 Å². The molecule has 1 aliphatic carbocycles. The van der Waals surface area contributed by atoms with Crippen LogP contribution >= 0.6 is 22.9 Å². The minimum absolute atomic E-state index is 0.0351. The summed E-state index contributed by atoms with van der Waals surface area (Å²) >= 11 is 7.47. The molecule has 1 aromatic rings. The van der Waals surface area contributed by atoms with E-state index >= 15 is 0 Å². The highest BCUT2D eigenvalue weighted by atomic mass is 35.5. The molecule has 2 aliphatic rings. The van der Waals surface area contributed by atoms with Crippen LogP contribution in [0.4, 0.5) is 0 Å². The maximum atomic E-state index is 12.5. The zero-order valence-corrected chi connectivity index (χ0v) is 12.6. The first-order valence-electron chi connectivity index (χ1n) is 6.87. The van der Waals surface area contributed by atoms with Gasteiger partial charge in [-0.1, -0.05) is 18.0 Å². The Labute approximate surface area is 122 Å². The Bertz CT molecular complexity index is 476. The lowest BCUT2D eigenvalue weighted by Crippen LogP contribution is -2.44. The zero-order valence-electron chi connectivity index (χ0n) is 11.1. The summed E-state index contributed by atoms with van der Waals surface area (Å²) in [5.74, 6) is 1.51. The van der Waals surface area contributed by atoms with Crippen LogP contribution in [0.3, 0.4) is 0 Å². The maximum Gasteiger partial charge on any atom is 0.240 e. The van der Waals surface area contributed by atoms with Crippen molar-refractivity contribution in [1.82, 2.24) is 10.2 Å². The van der Waals surface area contributed by atoms with E-state index in [0.717, 1.165) is 21.7 Å². The average molecular weight is 299 g/mol. The first-order valence-corrected chi connectivity index (χ1v) is 8.07. The van der Waals surface area contributed by atoms with Crippen molar-refractivity contribution < 1.29 is 4.79 Å². The standard InChI is InChI=1S/C14H19ClN2OS/c1-17(8-10-5-6-12(15)19-10)14(18)13-11-4-2-3-9(11)7-16-13/h5-6,9,11,13,16H,2-4,7-8H2,1H3. The van der Waals surface area contributed by atoms with Gasteiger partial charge in [0.1, 0.15) is 0 Å². The highest BCUT2D eigenvalue weighted by Gasteiger charge is 2.43. The van der Waals surface area contributed by atoms with E-state index in [9.17, 15) is 4.79 Å². The van der Waals surface area contributed by atoms with Crippen LogP contribution in [-0.2, 0) is 11.3 Å². The summed E-state index contributed by atoms with van der Waals surface area (Å²) in [6, 6.07) is 3.92. The van der Waals surface area contributed by atoms with Crippen molar-refractivity contribution in [2.75, 3.05) is 13.6 Å². The second-order valence-electron chi connectivity index (χ2n) is 5.64. The molecular weight excluding hydrogens is 280 g/mol. The fourth-order valence-corrected chi connectivity index (χ4v) is 4.58. The van der Waals surface area contributed by atoms with Gasteiger partial charge < -0.3 is 10.2 Å². The van der Waals surface area contributed by atoms with E-state index in [1.165, 1.54) is 19.3 Å². The van der Waals surface area contributed by atoms with Crippen LogP contribution in [0.15, 0.2) is 12.1 Å². The van der Waals surface area contributed by atoms with Crippen LogP contribution in [0.2, 0.25) is 4.34 Å². The third kappa shape index (κ3) is 2.67. The Morgan fingerprint density at radius 2 is 2.37 bits per heavy atom. The molecule has 2 fully saturated rings. The minimum atomic E-state index is 0.0351. The van der Waals surface area contributed by atoms with Crippen LogP contribution in [0.25, 0.3) is 0 Å². The quantitative estimate of drug-likeness (QED) is 0.930. The first-order chi connectivity index (χ1) is 9.15. The Balaban J connectivity index is 1.63. The number of thiophene rings is 1. The molecule has 3 rings (SSSR count). The molecule has 5 heteroatoms.